The van der Waals surface area contributed by atoms with E-state index in [1.807, 2.05) is 61.5 Å². The van der Waals surface area contributed by atoms with Gasteiger partial charge in [-0.15, -0.1) is 15.0 Å². The van der Waals surface area contributed by atoms with E-state index < -0.39 is 5.54 Å². The molecule has 128 valence electrons. The van der Waals surface area contributed by atoms with Gasteiger partial charge in [0, 0.05) is 6.42 Å². The molecule has 0 amide bonds. The number of hydrogen-bond donors (Lipinski definition) is 0. The lowest BCUT2D eigenvalue weighted by Gasteiger charge is -2.34. The van der Waals surface area contributed by atoms with Gasteiger partial charge in [-0.25, -0.2) is 0 Å². The van der Waals surface area contributed by atoms with Crippen molar-refractivity contribution in [2.45, 2.75) is 18.9 Å². The molecule has 26 heavy (non-hydrogen) atoms. The monoisotopic (exact) mass is 340 g/mol. The van der Waals surface area contributed by atoms with Crippen LogP contribution in [0.2, 0.25) is 0 Å². The van der Waals surface area contributed by atoms with E-state index in [1.165, 1.54) is 0 Å². The Kier molecular flexibility index (Phi) is 4.32. The van der Waals surface area contributed by atoms with Crippen LogP contribution in [0.5, 0.6) is 0 Å². The molecule has 1 heterocycles. The van der Waals surface area contributed by atoms with Crippen molar-refractivity contribution in [2.24, 2.45) is 0 Å². The maximum absolute atomic E-state index is 4.72. The van der Waals surface area contributed by atoms with Gasteiger partial charge in [0.1, 0.15) is 0 Å². The summed E-state index contributed by atoms with van der Waals surface area (Å²) < 4.78 is 0. The van der Waals surface area contributed by atoms with Crippen molar-refractivity contribution in [1.82, 2.24) is 20.2 Å². The fourth-order valence-electron chi connectivity index (χ4n) is 3.41. The SMILES string of the molecule is CCc1nnn(C(c2ccccc2)(c2ccccc2)c2ccccc2)n1. The summed E-state index contributed by atoms with van der Waals surface area (Å²) in [4.78, 5) is 1.76. The fraction of sp³-hybridized carbons (Fsp3) is 0.136. The van der Waals surface area contributed by atoms with Gasteiger partial charge in [0.25, 0.3) is 0 Å². The molecule has 0 bridgehead atoms. The lowest BCUT2D eigenvalue weighted by Crippen LogP contribution is -2.39. The molecular formula is C22H20N4. The van der Waals surface area contributed by atoms with Gasteiger partial charge in [0.05, 0.1) is 0 Å². The summed E-state index contributed by atoms with van der Waals surface area (Å²) in [5.74, 6) is 0.733. The van der Waals surface area contributed by atoms with Gasteiger partial charge in [0.2, 0.25) is 0 Å². The first kappa shape index (κ1) is 16.2. The van der Waals surface area contributed by atoms with E-state index in [1.54, 1.807) is 4.80 Å². The Hall–Kier alpha value is -3.27. The van der Waals surface area contributed by atoms with Gasteiger partial charge in [-0.3, -0.25) is 0 Å². The maximum Gasteiger partial charge on any atom is 0.174 e. The van der Waals surface area contributed by atoms with Crippen LogP contribution < -0.4 is 0 Å². The summed E-state index contributed by atoms with van der Waals surface area (Å²) in [5, 5.41) is 13.4. The highest BCUT2D eigenvalue weighted by molar-refractivity contribution is 5.49. The second kappa shape index (κ2) is 6.92. The van der Waals surface area contributed by atoms with Crippen LogP contribution in [0.3, 0.4) is 0 Å². The first-order valence-corrected chi connectivity index (χ1v) is 8.81. The minimum absolute atomic E-state index is 0.676. The number of tetrazole rings is 1. The molecule has 0 saturated heterocycles. The molecule has 4 heteroatoms. The molecule has 1 aromatic heterocycles. The molecule has 4 nitrogen and oxygen atoms in total. The van der Waals surface area contributed by atoms with Gasteiger partial charge in [-0.1, -0.05) is 97.9 Å². The molecule has 0 aliphatic heterocycles. The minimum Gasteiger partial charge on any atom is -0.144 e. The number of benzene rings is 3. The van der Waals surface area contributed by atoms with Crippen LogP contribution in [-0.2, 0) is 12.0 Å². The number of aromatic nitrogens is 4. The van der Waals surface area contributed by atoms with Gasteiger partial charge < -0.3 is 0 Å². The first-order chi connectivity index (χ1) is 12.9. The summed E-state index contributed by atoms with van der Waals surface area (Å²) in [6, 6.07) is 31.1. The van der Waals surface area contributed by atoms with E-state index in [9.17, 15) is 0 Å². The lowest BCUT2D eigenvalue weighted by atomic mass is 9.77. The summed E-state index contributed by atoms with van der Waals surface area (Å²) in [6.45, 7) is 2.04. The minimum atomic E-state index is -0.676. The van der Waals surface area contributed by atoms with Crippen LogP contribution in [0.25, 0.3) is 0 Å². The van der Waals surface area contributed by atoms with Crippen LogP contribution in [0.1, 0.15) is 29.4 Å². The van der Waals surface area contributed by atoms with Crippen molar-refractivity contribution in [1.29, 1.82) is 0 Å². The van der Waals surface area contributed by atoms with Crippen LogP contribution >= 0.6 is 0 Å². The quantitative estimate of drug-likeness (QED) is 0.514. The Labute approximate surface area is 153 Å². The Balaban J connectivity index is 2.10. The Morgan fingerprint density at radius 2 is 1.12 bits per heavy atom. The zero-order valence-electron chi connectivity index (χ0n) is 14.7. The maximum atomic E-state index is 4.72. The summed E-state index contributed by atoms with van der Waals surface area (Å²) in [5.41, 5.74) is 2.61. The molecule has 3 aromatic carbocycles. The Morgan fingerprint density at radius 3 is 1.46 bits per heavy atom. The molecule has 0 fully saturated rings. The number of hydrogen-bond acceptors (Lipinski definition) is 3. The molecule has 4 aromatic rings. The van der Waals surface area contributed by atoms with E-state index in [0.29, 0.717) is 0 Å². The molecule has 0 N–H and O–H groups in total. The van der Waals surface area contributed by atoms with Gasteiger partial charge in [-0.2, -0.15) is 0 Å². The van der Waals surface area contributed by atoms with E-state index in [-0.39, 0.29) is 0 Å². The predicted molar refractivity (Wildman–Crippen MR) is 102 cm³/mol. The summed E-state index contributed by atoms with van der Waals surface area (Å²) >= 11 is 0. The van der Waals surface area contributed by atoms with Crippen molar-refractivity contribution in [2.75, 3.05) is 0 Å². The van der Waals surface area contributed by atoms with Crippen LogP contribution in [0, 0.1) is 0 Å². The van der Waals surface area contributed by atoms with Gasteiger partial charge in [-0.05, 0) is 21.9 Å². The molecule has 0 radical (unpaired) electrons. The third kappa shape index (κ3) is 2.60. The summed E-state index contributed by atoms with van der Waals surface area (Å²) in [6.07, 6.45) is 0.744. The third-order valence-electron chi connectivity index (χ3n) is 4.65. The molecule has 0 atom stereocenters. The lowest BCUT2D eigenvalue weighted by molar-refractivity contribution is 0.394. The highest BCUT2D eigenvalue weighted by atomic mass is 15.6. The topological polar surface area (TPSA) is 43.6 Å². The summed E-state index contributed by atoms with van der Waals surface area (Å²) in [7, 11) is 0. The van der Waals surface area contributed by atoms with Gasteiger partial charge >= 0.3 is 0 Å². The van der Waals surface area contributed by atoms with E-state index in [4.69, 9.17) is 5.10 Å². The van der Waals surface area contributed by atoms with Crippen LogP contribution in [0.15, 0.2) is 91.0 Å². The third-order valence-corrected chi connectivity index (χ3v) is 4.65. The fourth-order valence-corrected chi connectivity index (χ4v) is 3.41. The molecule has 0 unspecified atom stereocenters. The van der Waals surface area contributed by atoms with Crippen molar-refractivity contribution in [3.8, 4) is 0 Å². The molecular weight excluding hydrogens is 320 g/mol. The largest absolute Gasteiger partial charge is 0.174 e. The molecule has 4 rings (SSSR count). The zero-order valence-corrected chi connectivity index (χ0v) is 14.7. The molecule has 0 saturated carbocycles. The highest BCUT2D eigenvalue weighted by Crippen LogP contribution is 2.39. The standard InChI is InChI=1S/C22H20N4/c1-2-21-23-25-26(24-21)22(18-12-6-3-7-13-18,19-14-8-4-9-15-19)20-16-10-5-11-17-20/h3-17H,2H2,1H3. The van der Waals surface area contributed by atoms with E-state index >= 15 is 0 Å². The number of aryl methyl sites for hydroxylation is 1. The first-order valence-electron chi connectivity index (χ1n) is 8.81. The van der Waals surface area contributed by atoms with Crippen LogP contribution in [0.4, 0.5) is 0 Å². The second-order valence-corrected chi connectivity index (χ2v) is 6.16. The van der Waals surface area contributed by atoms with Crippen molar-refractivity contribution < 1.29 is 0 Å². The molecule has 0 aliphatic carbocycles. The Morgan fingerprint density at radius 1 is 0.692 bits per heavy atom. The highest BCUT2D eigenvalue weighted by Gasteiger charge is 2.40. The van der Waals surface area contributed by atoms with Gasteiger partial charge in [0.15, 0.2) is 11.4 Å². The van der Waals surface area contributed by atoms with Crippen molar-refractivity contribution in [3.05, 3.63) is 114 Å². The number of rotatable bonds is 5. The van der Waals surface area contributed by atoms with E-state index in [0.717, 1.165) is 28.9 Å². The van der Waals surface area contributed by atoms with Crippen LogP contribution in [-0.4, -0.2) is 20.2 Å². The number of nitrogens with zero attached hydrogens (tertiary/aromatic N) is 4. The van der Waals surface area contributed by atoms with Crippen molar-refractivity contribution >= 4 is 0 Å². The van der Waals surface area contributed by atoms with E-state index in [2.05, 4.69) is 46.7 Å². The van der Waals surface area contributed by atoms with Crippen molar-refractivity contribution in [3.63, 3.8) is 0 Å². The zero-order chi connectivity index (χ0) is 17.8. The normalized spacial score (nSPS) is 11.4. The predicted octanol–water partition coefficient (Wildman–Crippen LogP) is 4.08. The Bertz CT molecular complexity index is 866. The second-order valence-electron chi connectivity index (χ2n) is 6.16. The average Bonchev–Trinajstić information content (AvgIpc) is 3.21. The smallest absolute Gasteiger partial charge is 0.144 e. The average molecular weight is 340 g/mol. The molecule has 0 spiro atoms. The molecule has 0 aliphatic rings.